The van der Waals surface area contributed by atoms with E-state index < -0.39 is 0 Å². The number of phenolic OH excluding ortho intramolecular Hbond substituents is 1. The Labute approximate surface area is 231 Å². The van der Waals surface area contributed by atoms with Gasteiger partial charge in [0.05, 0.1) is 23.9 Å². The molecule has 202 valence electrons. The van der Waals surface area contributed by atoms with Crippen LogP contribution >= 0.6 is 0 Å². The molecular formula is C33H38N4O2. The molecule has 0 bridgehead atoms. The fourth-order valence-electron chi connectivity index (χ4n) is 4.59. The van der Waals surface area contributed by atoms with Crippen LogP contribution in [0.5, 0.6) is 5.75 Å². The number of amides is 1. The van der Waals surface area contributed by atoms with E-state index in [2.05, 4.69) is 69.2 Å². The monoisotopic (exact) mass is 522 g/mol. The number of aromatic hydroxyl groups is 1. The predicted octanol–water partition coefficient (Wildman–Crippen LogP) is 7.06. The molecular weight excluding hydrogens is 484 g/mol. The fraction of sp³-hybridized carbons (Fsp3) is 0.303. The highest BCUT2D eigenvalue weighted by molar-refractivity contribution is 5.84. The van der Waals surface area contributed by atoms with Gasteiger partial charge in [-0.3, -0.25) is 4.79 Å². The second kappa shape index (κ2) is 11.3. The average Bonchev–Trinajstić information content (AvgIpc) is 3.32. The number of nitrogens with zero attached hydrogens (tertiary/aromatic N) is 3. The van der Waals surface area contributed by atoms with Crippen molar-refractivity contribution in [2.24, 2.45) is 5.10 Å². The molecule has 0 aliphatic heterocycles. The molecule has 39 heavy (non-hydrogen) atoms. The predicted molar refractivity (Wildman–Crippen MR) is 159 cm³/mol. The summed E-state index contributed by atoms with van der Waals surface area (Å²) in [5.41, 5.74) is 8.66. The van der Waals surface area contributed by atoms with Crippen molar-refractivity contribution in [1.29, 1.82) is 0 Å². The molecule has 0 saturated heterocycles. The molecule has 0 aliphatic carbocycles. The highest BCUT2D eigenvalue weighted by Crippen LogP contribution is 2.39. The zero-order valence-corrected chi connectivity index (χ0v) is 23.7. The minimum Gasteiger partial charge on any atom is -0.507 e. The van der Waals surface area contributed by atoms with Gasteiger partial charge in [0.1, 0.15) is 5.75 Å². The molecule has 0 atom stereocenters. The van der Waals surface area contributed by atoms with Crippen molar-refractivity contribution in [3.63, 3.8) is 0 Å². The first kappa shape index (κ1) is 27.8. The van der Waals surface area contributed by atoms with Gasteiger partial charge in [-0.25, -0.2) is 10.4 Å². The third-order valence-electron chi connectivity index (χ3n) is 6.66. The molecule has 0 fully saturated rings. The lowest BCUT2D eigenvalue weighted by Crippen LogP contribution is -2.20. The quantitative estimate of drug-likeness (QED) is 0.201. The van der Waals surface area contributed by atoms with Crippen molar-refractivity contribution < 1.29 is 9.90 Å². The molecule has 4 aromatic rings. The van der Waals surface area contributed by atoms with E-state index in [0.29, 0.717) is 12.3 Å². The molecule has 3 aromatic carbocycles. The number of nitrogens with one attached hydrogen (secondary N) is 1. The molecule has 1 amide bonds. The molecule has 1 aromatic heterocycles. The van der Waals surface area contributed by atoms with Crippen molar-refractivity contribution in [3.8, 4) is 28.3 Å². The zero-order chi connectivity index (χ0) is 28.2. The van der Waals surface area contributed by atoms with Gasteiger partial charge in [-0.2, -0.15) is 5.10 Å². The second-order valence-corrected chi connectivity index (χ2v) is 11.9. The second-order valence-electron chi connectivity index (χ2n) is 11.9. The van der Waals surface area contributed by atoms with Crippen molar-refractivity contribution >= 4 is 12.1 Å². The largest absolute Gasteiger partial charge is 0.507 e. The lowest BCUT2D eigenvalue weighted by Gasteiger charge is -2.27. The van der Waals surface area contributed by atoms with E-state index in [0.717, 1.165) is 39.2 Å². The number of rotatable bonds is 7. The number of carbonyl (C=O) groups excluding carboxylic acids is 1. The van der Waals surface area contributed by atoms with Crippen molar-refractivity contribution in [2.45, 2.75) is 65.3 Å². The summed E-state index contributed by atoms with van der Waals surface area (Å²) in [4.78, 5) is 17.4. The Balaban J connectivity index is 1.50. The fourth-order valence-corrected chi connectivity index (χ4v) is 4.59. The van der Waals surface area contributed by atoms with Crippen LogP contribution in [0.2, 0.25) is 0 Å². The highest BCUT2D eigenvalue weighted by atomic mass is 16.3. The van der Waals surface area contributed by atoms with E-state index in [9.17, 15) is 9.90 Å². The zero-order valence-electron chi connectivity index (χ0n) is 23.7. The van der Waals surface area contributed by atoms with Gasteiger partial charge in [-0.15, -0.1) is 0 Å². The smallest absolute Gasteiger partial charge is 0.241 e. The Kier molecular flexibility index (Phi) is 8.05. The van der Waals surface area contributed by atoms with Crippen LogP contribution in [-0.2, 0) is 22.2 Å². The maximum Gasteiger partial charge on any atom is 0.241 e. The van der Waals surface area contributed by atoms with Crippen LogP contribution in [0.15, 0.2) is 84.2 Å². The number of hydrogen-bond donors (Lipinski definition) is 2. The van der Waals surface area contributed by atoms with Crippen LogP contribution in [0.25, 0.3) is 22.5 Å². The van der Waals surface area contributed by atoms with Crippen molar-refractivity contribution in [3.05, 3.63) is 95.8 Å². The van der Waals surface area contributed by atoms with Crippen LogP contribution in [0.4, 0.5) is 0 Å². The number of aryl methyl sites for hydroxylation is 1. The van der Waals surface area contributed by atoms with Gasteiger partial charge in [0, 0.05) is 35.2 Å². The number of hydrogen-bond acceptors (Lipinski definition) is 4. The lowest BCUT2D eigenvalue weighted by atomic mass is 9.78. The summed E-state index contributed by atoms with van der Waals surface area (Å²) in [6.45, 7) is 12.9. The first-order valence-corrected chi connectivity index (χ1v) is 13.3. The Bertz CT molecular complexity index is 1420. The first-order valence-electron chi connectivity index (χ1n) is 13.3. The van der Waals surface area contributed by atoms with Crippen LogP contribution in [0.3, 0.4) is 0 Å². The van der Waals surface area contributed by atoms with Gasteiger partial charge in [-0.1, -0.05) is 102 Å². The highest BCUT2D eigenvalue weighted by Gasteiger charge is 2.26. The summed E-state index contributed by atoms with van der Waals surface area (Å²) >= 11 is 0. The van der Waals surface area contributed by atoms with Gasteiger partial charge < -0.3 is 9.67 Å². The number of hydrazone groups is 1. The minimum absolute atomic E-state index is 0.189. The van der Waals surface area contributed by atoms with Gasteiger partial charge >= 0.3 is 0 Å². The molecule has 1 heterocycles. The molecule has 0 radical (unpaired) electrons. The molecule has 0 spiro atoms. The summed E-state index contributed by atoms with van der Waals surface area (Å²) in [5, 5.41) is 15.2. The maximum absolute atomic E-state index is 12.7. The average molecular weight is 523 g/mol. The molecule has 0 aliphatic rings. The summed E-state index contributed by atoms with van der Waals surface area (Å²) in [6.07, 6.45) is 3.68. The summed E-state index contributed by atoms with van der Waals surface area (Å²) in [7, 11) is 0. The van der Waals surface area contributed by atoms with E-state index in [1.807, 2.05) is 65.2 Å². The van der Waals surface area contributed by atoms with Gasteiger partial charge in [-0.05, 0) is 28.5 Å². The van der Waals surface area contributed by atoms with E-state index in [4.69, 9.17) is 0 Å². The number of benzene rings is 3. The van der Waals surface area contributed by atoms with Crippen LogP contribution in [0.1, 0.15) is 64.7 Å². The molecule has 2 N–H and O–H groups in total. The third kappa shape index (κ3) is 6.63. The van der Waals surface area contributed by atoms with Crippen LogP contribution < -0.4 is 5.43 Å². The van der Waals surface area contributed by atoms with E-state index in [-0.39, 0.29) is 23.2 Å². The van der Waals surface area contributed by atoms with E-state index >= 15 is 0 Å². The van der Waals surface area contributed by atoms with Crippen LogP contribution in [-0.4, -0.2) is 26.8 Å². The lowest BCUT2D eigenvalue weighted by molar-refractivity contribution is -0.121. The Hall–Kier alpha value is -4.19. The SMILES string of the molecule is CC(C)(C)c1cc(C=NNC(=O)CCn2cnc(-c3ccccc3)c2-c2ccccc2)cc(C(C)(C)C)c1O. The number of carbonyl (C=O) groups is 1. The number of aromatic nitrogens is 2. The topological polar surface area (TPSA) is 79.5 Å². The van der Waals surface area contributed by atoms with E-state index in [1.165, 1.54) is 0 Å². The standard InChI is InChI=1S/C33H38N4O2/c1-32(2,3)26-19-23(20-27(31(26)39)33(4,5)6)21-35-36-28(38)17-18-37-22-34-29(24-13-9-7-10-14-24)30(37)25-15-11-8-12-16-25/h7-16,19-22,39H,17-18H2,1-6H3,(H,36,38). The third-order valence-corrected chi connectivity index (χ3v) is 6.66. The molecule has 6 nitrogen and oxygen atoms in total. The first-order chi connectivity index (χ1) is 18.4. The van der Waals surface area contributed by atoms with Crippen LogP contribution in [0, 0.1) is 0 Å². The Morgan fingerprint density at radius 3 is 1.97 bits per heavy atom. The Morgan fingerprint density at radius 2 is 1.44 bits per heavy atom. The molecule has 6 heteroatoms. The van der Waals surface area contributed by atoms with Gasteiger partial charge in [0.25, 0.3) is 0 Å². The Morgan fingerprint density at radius 1 is 0.897 bits per heavy atom. The minimum atomic E-state index is -0.239. The number of phenols is 1. The summed E-state index contributed by atoms with van der Waals surface area (Å²) in [6, 6.07) is 24.0. The summed E-state index contributed by atoms with van der Waals surface area (Å²) < 4.78 is 2.02. The normalized spacial score (nSPS) is 12.2. The molecule has 4 rings (SSSR count). The van der Waals surface area contributed by atoms with Gasteiger partial charge in [0.2, 0.25) is 5.91 Å². The molecule has 0 saturated carbocycles. The summed E-state index contributed by atoms with van der Waals surface area (Å²) in [5.74, 6) is 0.131. The van der Waals surface area contributed by atoms with E-state index in [1.54, 1.807) is 12.5 Å². The molecule has 0 unspecified atom stereocenters. The maximum atomic E-state index is 12.7. The number of imidazole rings is 1. The van der Waals surface area contributed by atoms with Gasteiger partial charge in [0.15, 0.2) is 0 Å². The van der Waals surface area contributed by atoms with Crippen molar-refractivity contribution in [1.82, 2.24) is 15.0 Å². The van der Waals surface area contributed by atoms with Crippen molar-refractivity contribution in [2.75, 3.05) is 0 Å².